The van der Waals surface area contributed by atoms with Crippen molar-refractivity contribution in [1.82, 2.24) is 9.62 Å². The molecule has 1 aliphatic heterocycles. The molecule has 1 fully saturated rings. The predicted octanol–water partition coefficient (Wildman–Crippen LogP) is 2.85. The van der Waals surface area contributed by atoms with Crippen LogP contribution in [0.2, 0.25) is 0 Å². The van der Waals surface area contributed by atoms with Gasteiger partial charge in [-0.3, -0.25) is 4.79 Å². The summed E-state index contributed by atoms with van der Waals surface area (Å²) in [6, 6.07) is 2.40. The normalized spacial score (nSPS) is 20.6. The lowest BCUT2D eigenvalue weighted by molar-refractivity contribution is -0.149. The van der Waals surface area contributed by atoms with Crippen LogP contribution in [0.4, 0.5) is 22.0 Å². The van der Waals surface area contributed by atoms with Gasteiger partial charge in [-0.15, -0.1) is 0 Å². The van der Waals surface area contributed by atoms with Gasteiger partial charge in [0.15, 0.2) is 0 Å². The summed E-state index contributed by atoms with van der Waals surface area (Å²) in [5.41, 5.74) is -3.05. The van der Waals surface area contributed by atoms with Crippen molar-refractivity contribution in [2.75, 3.05) is 12.8 Å². The van der Waals surface area contributed by atoms with Gasteiger partial charge >= 0.3 is 0 Å². The molecule has 2 N–H and O–H groups in total. The number of carbonyl (C=O) groups excluding carboxylic acids is 1. The van der Waals surface area contributed by atoms with Crippen LogP contribution in [0, 0.1) is 17.5 Å². The minimum Gasteiger partial charge on any atom is -0.381 e. The summed E-state index contributed by atoms with van der Waals surface area (Å²) in [5, 5.41) is 10.1. The summed E-state index contributed by atoms with van der Waals surface area (Å²) < 4.78 is 98.3. The van der Waals surface area contributed by atoms with Crippen LogP contribution in [0.5, 0.6) is 0 Å². The van der Waals surface area contributed by atoms with Gasteiger partial charge in [0.25, 0.3) is 11.8 Å². The molecule has 6 nitrogen and oxygen atoms in total. The van der Waals surface area contributed by atoms with Gasteiger partial charge in [-0.1, -0.05) is 18.2 Å². The molecule has 12 heteroatoms. The largest absolute Gasteiger partial charge is 0.381 e. The number of aliphatic hydroxyl groups is 1. The fourth-order valence-corrected chi connectivity index (χ4v) is 4.77. The van der Waals surface area contributed by atoms with Gasteiger partial charge in [0.1, 0.15) is 29.1 Å². The number of likely N-dealkylation sites (tertiary alicyclic amines) is 1. The number of nitrogens with zero attached hydrogens (tertiary/aromatic N) is 1. The molecule has 0 unspecified atom stereocenters. The Kier molecular flexibility index (Phi) is 6.81. The number of amides is 1. The maximum atomic E-state index is 15.4. The Balaban J connectivity index is 2.09. The third kappa shape index (κ3) is 5.39. The van der Waals surface area contributed by atoms with E-state index < -0.39 is 75.5 Å². The van der Waals surface area contributed by atoms with Crippen LogP contribution in [-0.2, 0) is 21.2 Å². The lowest BCUT2D eigenvalue weighted by Crippen LogP contribution is -2.54. The molecule has 1 heterocycles. The van der Waals surface area contributed by atoms with E-state index in [-0.39, 0.29) is 11.1 Å². The quantitative estimate of drug-likeness (QED) is 0.590. The average molecular weight is 506 g/mol. The summed E-state index contributed by atoms with van der Waals surface area (Å²) >= 11 is 0. The Hall–Kier alpha value is -2.57. The molecule has 2 aromatic rings. The van der Waals surface area contributed by atoms with E-state index in [1.165, 1.54) is 18.2 Å². The van der Waals surface area contributed by atoms with E-state index in [0.717, 1.165) is 32.0 Å². The zero-order valence-electron chi connectivity index (χ0n) is 18.5. The number of alkyl halides is 2. The summed E-state index contributed by atoms with van der Waals surface area (Å²) in [6.45, 7) is 0.944. The maximum absolute atomic E-state index is 15.4. The number of nitrogens with one attached hydrogen (secondary N) is 1. The Morgan fingerprint density at radius 3 is 2.41 bits per heavy atom. The zero-order chi connectivity index (χ0) is 25.6. The predicted molar refractivity (Wildman–Crippen MR) is 114 cm³/mol. The summed E-state index contributed by atoms with van der Waals surface area (Å²) in [4.78, 5) is 13.3. The third-order valence-electron chi connectivity index (χ3n) is 5.47. The fraction of sp³-hybridized carbons (Fsp3) is 0.409. The summed E-state index contributed by atoms with van der Waals surface area (Å²) in [6.07, 6.45) is 0.0652. The van der Waals surface area contributed by atoms with Crippen molar-refractivity contribution in [2.45, 2.75) is 43.9 Å². The number of rotatable bonds is 6. The SMILES string of the molecule is CC(C)(O)C(=O)N1CC(F)(F)[C@H](NS(C)(=O)=O)[C@@H]1Cc1cccc(-c2cc(F)ccc2F)c1F. The second-order valence-corrected chi connectivity index (χ2v) is 10.6. The number of hydrogen-bond acceptors (Lipinski definition) is 4. The van der Waals surface area contributed by atoms with Crippen molar-refractivity contribution in [1.29, 1.82) is 0 Å². The lowest BCUT2D eigenvalue weighted by Gasteiger charge is -2.31. The molecule has 2 aromatic carbocycles. The van der Waals surface area contributed by atoms with Crippen molar-refractivity contribution in [3.63, 3.8) is 0 Å². The van der Waals surface area contributed by atoms with Crippen molar-refractivity contribution in [3.05, 3.63) is 59.4 Å². The van der Waals surface area contributed by atoms with Crippen LogP contribution in [0.3, 0.4) is 0 Å². The van der Waals surface area contributed by atoms with Crippen LogP contribution in [0.15, 0.2) is 36.4 Å². The highest BCUT2D eigenvalue weighted by molar-refractivity contribution is 7.88. The maximum Gasteiger partial charge on any atom is 0.283 e. The Labute approximate surface area is 193 Å². The van der Waals surface area contributed by atoms with Crippen molar-refractivity contribution in [2.24, 2.45) is 0 Å². The van der Waals surface area contributed by atoms with Gasteiger partial charge in [0.2, 0.25) is 10.0 Å². The number of halogens is 5. The van der Waals surface area contributed by atoms with Crippen LogP contribution >= 0.6 is 0 Å². The molecule has 0 saturated carbocycles. The molecule has 34 heavy (non-hydrogen) atoms. The van der Waals surface area contributed by atoms with E-state index in [1.807, 2.05) is 4.72 Å². The van der Waals surface area contributed by atoms with Crippen LogP contribution in [-0.4, -0.2) is 60.7 Å². The average Bonchev–Trinajstić information content (AvgIpc) is 2.93. The van der Waals surface area contributed by atoms with E-state index in [2.05, 4.69) is 0 Å². The highest BCUT2D eigenvalue weighted by Crippen LogP contribution is 2.37. The van der Waals surface area contributed by atoms with E-state index in [9.17, 15) is 35.9 Å². The number of sulfonamides is 1. The zero-order valence-corrected chi connectivity index (χ0v) is 19.3. The number of hydrogen-bond donors (Lipinski definition) is 2. The van der Waals surface area contributed by atoms with Gasteiger partial charge in [0, 0.05) is 11.1 Å². The smallest absolute Gasteiger partial charge is 0.283 e. The minimum absolute atomic E-state index is 0.238. The highest BCUT2D eigenvalue weighted by atomic mass is 32.2. The lowest BCUT2D eigenvalue weighted by atomic mass is 9.94. The second kappa shape index (κ2) is 8.90. The molecule has 1 aliphatic rings. The molecule has 2 atom stereocenters. The van der Waals surface area contributed by atoms with Gasteiger partial charge in [-0.2, -0.15) is 0 Å². The molecular weight excluding hydrogens is 483 g/mol. The molecule has 0 aromatic heterocycles. The standard InChI is InChI=1S/C22H23F5N2O4S/c1-21(2,31)20(30)29-11-22(26,27)19(28-34(3,32)33)17(29)9-12-5-4-6-14(18(12)25)15-10-13(23)7-8-16(15)24/h4-8,10,17,19,28,31H,9,11H2,1-3H3/t17-,19+/m0/s1. The third-order valence-corrected chi connectivity index (χ3v) is 6.15. The van der Waals surface area contributed by atoms with Crippen molar-refractivity contribution >= 4 is 15.9 Å². The first kappa shape index (κ1) is 26.0. The molecule has 0 radical (unpaired) electrons. The Morgan fingerprint density at radius 1 is 1.18 bits per heavy atom. The molecule has 0 spiro atoms. The molecular formula is C22H23F5N2O4S. The first-order valence-corrected chi connectivity index (χ1v) is 12.0. The molecule has 0 bridgehead atoms. The van der Waals surface area contributed by atoms with Gasteiger partial charge in [0.05, 0.1) is 18.8 Å². The van der Waals surface area contributed by atoms with E-state index in [0.29, 0.717) is 11.2 Å². The highest BCUT2D eigenvalue weighted by Gasteiger charge is 2.58. The van der Waals surface area contributed by atoms with Crippen LogP contribution < -0.4 is 4.72 Å². The second-order valence-electron chi connectivity index (χ2n) is 8.80. The minimum atomic E-state index is -4.18. The van der Waals surface area contributed by atoms with Crippen molar-refractivity contribution in [3.8, 4) is 11.1 Å². The summed E-state index contributed by atoms with van der Waals surface area (Å²) in [5.74, 6) is -7.63. The Bertz CT molecular complexity index is 1210. The molecule has 1 saturated heterocycles. The summed E-state index contributed by atoms with van der Waals surface area (Å²) in [7, 11) is -4.18. The molecule has 0 aliphatic carbocycles. The first-order chi connectivity index (χ1) is 15.5. The monoisotopic (exact) mass is 506 g/mol. The molecule has 186 valence electrons. The van der Waals surface area contributed by atoms with Crippen molar-refractivity contribution < 1.29 is 40.3 Å². The first-order valence-electron chi connectivity index (χ1n) is 10.1. The van der Waals surface area contributed by atoms with Gasteiger partial charge in [-0.25, -0.2) is 35.1 Å². The molecule has 1 amide bonds. The van der Waals surface area contributed by atoms with Crippen LogP contribution in [0.1, 0.15) is 19.4 Å². The molecule has 3 rings (SSSR count). The van der Waals surface area contributed by atoms with Crippen LogP contribution in [0.25, 0.3) is 11.1 Å². The van der Waals surface area contributed by atoms with Gasteiger partial charge in [-0.05, 0) is 44.0 Å². The van der Waals surface area contributed by atoms with E-state index in [4.69, 9.17) is 0 Å². The number of carbonyl (C=O) groups is 1. The van der Waals surface area contributed by atoms with Gasteiger partial charge < -0.3 is 10.0 Å². The Morgan fingerprint density at radius 2 is 1.82 bits per heavy atom. The van der Waals surface area contributed by atoms with E-state index >= 15 is 4.39 Å². The van der Waals surface area contributed by atoms with E-state index in [1.54, 1.807) is 0 Å². The topological polar surface area (TPSA) is 86.7 Å². The fourth-order valence-electron chi connectivity index (χ4n) is 3.98. The number of benzene rings is 2.